The Balaban J connectivity index is 2.99. The fourth-order valence-corrected chi connectivity index (χ4v) is 2.75. The van der Waals surface area contributed by atoms with Crippen molar-refractivity contribution in [3.05, 3.63) is 27.7 Å². The Morgan fingerprint density at radius 1 is 1.35 bits per heavy atom. The van der Waals surface area contributed by atoms with Crippen molar-refractivity contribution in [3.63, 3.8) is 0 Å². The second kappa shape index (κ2) is 7.01. The first-order chi connectivity index (χ1) is 8.12. The molecule has 1 aromatic carbocycles. The van der Waals surface area contributed by atoms with Crippen molar-refractivity contribution in [3.8, 4) is 5.75 Å². The maximum Gasteiger partial charge on any atom is 0.310 e. The first-order valence-electron chi connectivity index (χ1n) is 5.19. The van der Waals surface area contributed by atoms with Crippen LogP contribution in [0.1, 0.15) is 18.1 Å². The van der Waals surface area contributed by atoms with Gasteiger partial charge in [-0.3, -0.25) is 4.79 Å². The van der Waals surface area contributed by atoms with Crippen LogP contribution in [0.4, 0.5) is 0 Å². The van der Waals surface area contributed by atoms with Gasteiger partial charge in [-0.25, -0.2) is 0 Å². The van der Waals surface area contributed by atoms with E-state index in [1.165, 1.54) is 0 Å². The highest BCUT2D eigenvalue weighted by atomic mass is 79.9. The number of halogens is 2. The molecule has 0 bridgehead atoms. The van der Waals surface area contributed by atoms with Gasteiger partial charge in [-0.15, -0.1) is 0 Å². The van der Waals surface area contributed by atoms with Crippen LogP contribution in [0.3, 0.4) is 0 Å². The molecule has 0 aliphatic heterocycles. The van der Waals surface area contributed by atoms with E-state index in [2.05, 4.69) is 31.9 Å². The van der Waals surface area contributed by atoms with E-state index >= 15 is 0 Å². The SMILES string of the molecule is CCOC(=O)Cc1cc(CBr)c(Br)cc1OC. The number of methoxy groups -OCH3 is 1. The van der Waals surface area contributed by atoms with Gasteiger partial charge >= 0.3 is 5.97 Å². The maximum atomic E-state index is 11.5. The van der Waals surface area contributed by atoms with Crippen LogP contribution in [0.15, 0.2) is 16.6 Å². The lowest BCUT2D eigenvalue weighted by Gasteiger charge is -2.11. The quantitative estimate of drug-likeness (QED) is 0.592. The van der Waals surface area contributed by atoms with Crippen molar-refractivity contribution in [2.24, 2.45) is 0 Å². The summed E-state index contributed by atoms with van der Waals surface area (Å²) in [5.41, 5.74) is 1.91. The lowest BCUT2D eigenvalue weighted by molar-refractivity contribution is -0.142. The minimum atomic E-state index is -0.242. The summed E-state index contributed by atoms with van der Waals surface area (Å²) in [7, 11) is 1.59. The summed E-state index contributed by atoms with van der Waals surface area (Å²) in [6.45, 7) is 2.18. The van der Waals surface area contributed by atoms with E-state index in [1.807, 2.05) is 12.1 Å². The van der Waals surface area contributed by atoms with E-state index in [1.54, 1.807) is 14.0 Å². The van der Waals surface area contributed by atoms with Crippen LogP contribution in [0, 0.1) is 0 Å². The molecule has 0 saturated heterocycles. The van der Waals surface area contributed by atoms with Crippen molar-refractivity contribution in [1.82, 2.24) is 0 Å². The first-order valence-corrected chi connectivity index (χ1v) is 7.10. The minimum Gasteiger partial charge on any atom is -0.496 e. The van der Waals surface area contributed by atoms with Crippen LogP contribution >= 0.6 is 31.9 Å². The predicted molar refractivity (Wildman–Crippen MR) is 73.7 cm³/mol. The number of hydrogen-bond donors (Lipinski definition) is 0. The van der Waals surface area contributed by atoms with E-state index in [9.17, 15) is 4.79 Å². The molecule has 0 saturated carbocycles. The standard InChI is InChI=1S/C12H14Br2O3/c1-3-17-12(15)5-8-4-9(7-13)10(14)6-11(8)16-2/h4,6H,3,5,7H2,1-2H3. The van der Waals surface area contributed by atoms with Crippen LogP contribution in [0.2, 0.25) is 0 Å². The summed E-state index contributed by atoms with van der Waals surface area (Å²) in [5.74, 6) is 0.447. The molecule has 0 aromatic heterocycles. The molecule has 0 aliphatic rings. The van der Waals surface area contributed by atoms with Crippen molar-refractivity contribution >= 4 is 37.8 Å². The molecular weight excluding hydrogens is 352 g/mol. The van der Waals surface area contributed by atoms with Gasteiger partial charge < -0.3 is 9.47 Å². The average molecular weight is 366 g/mol. The van der Waals surface area contributed by atoms with Gasteiger partial charge in [0.05, 0.1) is 20.1 Å². The molecule has 0 atom stereocenters. The third kappa shape index (κ3) is 4.00. The predicted octanol–water partition coefficient (Wildman–Crippen LogP) is 3.46. The zero-order valence-corrected chi connectivity index (χ0v) is 12.9. The lowest BCUT2D eigenvalue weighted by Crippen LogP contribution is -2.09. The van der Waals surface area contributed by atoms with Crippen LogP contribution in [-0.4, -0.2) is 19.7 Å². The highest BCUT2D eigenvalue weighted by Crippen LogP contribution is 2.29. The number of esters is 1. The molecule has 94 valence electrons. The van der Waals surface area contributed by atoms with Gasteiger partial charge in [0.1, 0.15) is 5.75 Å². The number of ether oxygens (including phenoxy) is 2. The first kappa shape index (κ1) is 14.5. The molecule has 5 heteroatoms. The molecule has 3 nitrogen and oxygen atoms in total. The number of carbonyl (C=O) groups excluding carboxylic acids is 1. The second-order valence-electron chi connectivity index (χ2n) is 3.37. The van der Waals surface area contributed by atoms with Crippen molar-refractivity contribution in [2.75, 3.05) is 13.7 Å². The molecule has 0 N–H and O–H groups in total. The van der Waals surface area contributed by atoms with Crippen LogP contribution in [0.5, 0.6) is 5.75 Å². The third-order valence-electron chi connectivity index (χ3n) is 2.23. The fraction of sp³-hybridized carbons (Fsp3) is 0.417. The van der Waals surface area contributed by atoms with E-state index in [0.717, 1.165) is 15.6 Å². The molecule has 1 rings (SSSR count). The minimum absolute atomic E-state index is 0.226. The van der Waals surface area contributed by atoms with Gasteiger partial charge in [0.15, 0.2) is 0 Å². The summed E-state index contributed by atoms with van der Waals surface area (Å²) in [6.07, 6.45) is 0.226. The fourth-order valence-electron chi connectivity index (χ4n) is 1.45. The molecule has 17 heavy (non-hydrogen) atoms. The summed E-state index contributed by atoms with van der Waals surface area (Å²) >= 11 is 6.85. The Hall–Kier alpha value is -0.550. The molecule has 0 unspecified atom stereocenters. The Kier molecular flexibility index (Phi) is 5.98. The normalized spacial score (nSPS) is 10.1. The number of rotatable bonds is 5. The molecule has 1 aromatic rings. The Morgan fingerprint density at radius 3 is 2.59 bits per heavy atom. The zero-order valence-electron chi connectivity index (χ0n) is 9.76. The monoisotopic (exact) mass is 364 g/mol. The van der Waals surface area contributed by atoms with Crippen LogP contribution < -0.4 is 4.74 Å². The summed E-state index contributed by atoms with van der Waals surface area (Å²) in [5, 5.41) is 0.716. The van der Waals surface area contributed by atoms with E-state index in [4.69, 9.17) is 9.47 Å². The highest BCUT2D eigenvalue weighted by Gasteiger charge is 2.12. The van der Waals surface area contributed by atoms with Gasteiger partial charge in [-0.2, -0.15) is 0 Å². The number of hydrogen-bond acceptors (Lipinski definition) is 3. The molecule has 0 amide bonds. The van der Waals surface area contributed by atoms with E-state index < -0.39 is 0 Å². The Morgan fingerprint density at radius 2 is 2.06 bits per heavy atom. The molecule has 0 heterocycles. The second-order valence-corrected chi connectivity index (χ2v) is 4.79. The van der Waals surface area contributed by atoms with Gasteiger partial charge in [0, 0.05) is 15.4 Å². The van der Waals surface area contributed by atoms with E-state index in [-0.39, 0.29) is 12.4 Å². The summed E-state index contributed by atoms with van der Waals surface area (Å²) in [4.78, 5) is 11.5. The van der Waals surface area contributed by atoms with Crippen LogP contribution in [-0.2, 0) is 21.3 Å². The summed E-state index contributed by atoms with van der Waals surface area (Å²) < 4.78 is 11.1. The largest absolute Gasteiger partial charge is 0.496 e. The molecule has 0 fully saturated rings. The smallest absolute Gasteiger partial charge is 0.310 e. The van der Waals surface area contributed by atoms with Gasteiger partial charge in [-0.1, -0.05) is 31.9 Å². The topological polar surface area (TPSA) is 35.5 Å². The van der Waals surface area contributed by atoms with Crippen molar-refractivity contribution < 1.29 is 14.3 Å². The lowest BCUT2D eigenvalue weighted by atomic mass is 10.1. The van der Waals surface area contributed by atoms with Crippen molar-refractivity contribution in [1.29, 1.82) is 0 Å². The number of carbonyl (C=O) groups is 1. The molecule has 0 spiro atoms. The Bertz CT molecular complexity index is 405. The molecular formula is C12H14Br2O3. The molecule has 0 radical (unpaired) electrons. The van der Waals surface area contributed by atoms with E-state index in [0.29, 0.717) is 17.7 Å². The zero-order chi connectivity index (χ0) is 12.8. The summed E-state index contributed by atoms with van der Waals surface area (Å²) in [6, 6.07) is 3.81. The Labute approximate surface area is 118 Å². The average Bonchev–Trinajstić information content (AvgIpc) is 2.31. The van der Waals surface area contributed by atoms with Gasteiger partial charge in [0.25, 0.3) is 0 Å². The molecule has 0 aliphatic carbocycles. The highest BCUT2D eigenvalue weighted by molar-refractivity contribution is 9.10. The van der Waals surface area contributed by atoms with Crippen molar-refractivity contribution in [2.45, 2.75) is 18.7 Å². The van der Waals surface area contributed by atoms with Gasteiger partial charge in [0.2, 0.25) is 0 Å². The van der Waals surface area contributed by atoms with Crippen LogP contribution in [0.25, 0.3) is 0 Å². The number of benzene rings is 1. The number of alkyl halides is 1. The third-order valence-corrected chi connectivity index (χ3v) is 3.58. The maximum absolute atomic E-state index is 11.5. The van der Waals surface area contributed by atoms with Gasteiger partial charge in [-0.05, 0) is 24.6 Å².